The molecule has 6 heteroatoms. The number of hydrogen-bond acceptors (Lipinski definition) is 3. The van der Waals surface area contributed by atoms with Crippen molar-refractivity contribution in [3.8, 4) is 0 Å². The van der Waals surface area contributed by atoms with Gasteiger partial charge in [-0.3, -0.25) is 4.79 Å². The summed E-state index contributed by atoms with van der Waals surface area (Å²) in [5, 5.41) is 7.50. The third-order valence-electron chi connectivity index (χ3n) is 2.23. The van der Waals surface area contributed by atoms with Crippen LogP contribution in [0.4, 0.5) is 14.5 Å². The van der Waals surface area contributed by atoms with Crippen molar-refractivity contribution in [2.75, 3.05) is 12.4 Å². The largest absolute Gasteiger partial charge is 0.358 e. The van der Waals surface area contributed by atoms with Gasteiger partial charge in [-0.2, -0.15) is 5.10 Å². The van der Waals surface area contributed by atoms with Crippen LogP contribution in [0.3, 0.4) is 0 Å². The van der Waals surface area contributed by atoms with Crippen LogP contribution in [0.1, 0.15) is 0 Å². The van der Waals surface area contributed by atoms with Crippen LogP contribution < -0.4 is 5.32 Å². The lowest BCUT2D eigenvalue weighted by Crippen LogP contribution is -2.16. The van der Waals surface area contributed by atoms with Crippen LogP contribution in [0, 0.1) is 11.6 Å². The minimum absolute atomic E-state index is 0.0923. The van der Waals surface area contributed by atoms with Crippen LogP contribution in [-0.4, -0.2) is 24.2 Å². The predicted octanol–water partition coefficient (Wildman–Crippen LogP) is 1.72. The van der Waals surface area contributed by atoms with Crippen molar-refractivity contribution in [1.82, 2.24) is 5.01 Å². The van der Waals surface area contributed by atoms with Crippen LogP contribution >= 0.6 is 0 Å². The maximum Gasteiger partial charge on any atom is 0.276 e. The number of carbonyl (C=O) groups is 1. The van der Waals surface area contributed by atoms with E-state index in [9.17, 15) is 13.6 Å². The molecule has 0 bridgehead atoms. The molecular formula is C11H9F2N3O. The summed E-state index contributed by atoms with van der Waals surface area (Å²) in [4.78, 5) is 11.4. The topological polar surface area (TPSA) is 44.7 Å². The number of halogens is 2. The van der Waals surface area contributed by atoms with Gasteiger partial charge in [-0.25, -0.2) is 13.8 Å². The standard InChI is InChI=1S/C11H9F2N3O/c1-16-11(17)7(6-15-16)5-14-10-3-2-8(12)4-9(10)13/h2-6,14H,1H3/b7-5-. The molecular weight excluding hydrogens is 228 g/mol. The van der Waals surface area contributed by atoms with Crippen LogP contribution in [0.25, 0.3) is 0 Å². The first-order chi connectivity index (χ1) is 8.08. The first-order valence-electron chi connectivity index (χ1n) is 4.82. The zero-order valence-electron chi connectivity index (χ0n) is 8.95. The van der Waals surface area contributed by atoms with Crippen molar-refractivity contribution < 1.29 is 13.6 Å². The SMILES string of the molecule is CN1N=C/C(=C/Nc2ccc(F)cc2F)C1=O. The molecule has 1 N–H and O–H groups in total. The Labute approximate surface area is 96.2 Å². The van der Waals surface area contributed by atoms with E-state index < -0.39 is 11.6 Å². The van der Waals surface area contributed by atoms with Gasteiger partial charge >= 0.3 is 0 Å². The summed E-state index contributed by atoms with van der Waals surface area (Å²) in [6.45, 7) is 0. The van der Waals surface area contributed by atoms with Gasteiger partial charge in [0, 0.05) is 19.3 Å². The quantitative estimate of drug-likeness (QED) is 0.796. The Balaban J connectivity index is 2.15. The van der Waals surface area contributed by atoms with E-state index in [1.165, 1.54) is 25.5 Å². The van der Waals surface area contributed by atoms with Crippen molar-refractivity contribution in [3.05, 3.63) is 41.6 Å². The molecule has 1 aromatic rings. The van der Waals surface area contributed by atoms with E-state index in [0.29, 0.717) is 5.57 Å². The fourth-order valence-corrected chi connectivity index (χ4v) is 1.30. The number of amides is 1. The number of carbonyl (C=O) groups excluding carboxylic acids is 1. The van der Waals surface area contributed by atoms with Crippen LogP contribution in [-0.2, 0) is 4.79 Å². The summed E-state index contributed by atoms with van der Waals surface area (Å²) in [6.07, 6.45) is 2.68. The Kier molecular flexibility index (Phi) is 2.86. The predicted molar refractivity (Wildman–Crippen MR) is 59.3 cm³/mol. The van der Waals surface area contributed by atoms with Crippen LogP contribution in [0.5, 0.6) is 0 Å². The number of hydrogen-bond donors (Lipinski definition) is 1. The Morgan fingerprint density at radius 2 is 2.18 bits per heavy atom. The fourth-order valence-electron chi connectivity index (χ4n) is 1.30. The highest BCUT2D eigenvalue weighted by molar-refractivity contribution is 6.15. The Morgan fingerprint density at radius 3 is 2.76 bits per heavy atom. The number of benzene rings is 1. The third-order valence-corrected chi connectivity index (χ3v) is 2.23. The second-order valence-electron chi connectivity index (χ2n) is 3.44. The highest BCUT2D eigenvalue weighted by Crippen LogP contribution is 2.16. The lowest BCUT2D eigenvalue weighted by atomic mass is 10.2. The van der Waals surface area contributed by atoms with E-state index in [4.69, 9.17) is 0 Å². The van der Waals surface area contributed by atoms with Gasteiger partial charge in [0.25, 0.3) is 5.91 Å². The van der Waals surface area contributed by atoms with Gasteiger partial charge in [-0.05, 0) is 12.1 Å². The molecule has 0 unspecified atom stereocenters. The van der Waals surface area contributed by atoms with Gasteiger partial charge in [0.1, 0.15) is 11.6 Å². The van der Waals surface area contributed by atoms with Gasteiger partial charge in [0.05, 0.1) is 17.5 Å². The molecule has 17 heavy (non-hydrogen) atoms. The molecule has 0 fully saturated rings. The maximum absolute atomic E-state index is 13.2. The average Bonchev–Trinajstić information content (AvgIpc) is 2.59. The molecule has 1 aromatic carbocycles. The first-order valence-corrected chi connectivity index (χ1v) is 4.82. The zero-order valence-corrected chi connectivity index (χ0v) is 8.95. The molecule has 1 heterocycles. The third kappa shape index (κ3) is 2.30. The molecule has 0 saturated heterocycles. The number of nitrogens with zero attached hydrogens (tertiary/aromatic N) is 2. The van der Waals surface area contributed by atoms with Gasteiger partial charge in [-0.1, -0.05) is 0 Å². The summed E-state index contributed by atoms with van der Waals surface area (Å²) >= 11 is 0. The van der Waals surface area contributed by atoms with E-state index in [1.807, 2.05) is 0 Å². The Morgan fingerprint density at radius 1 is 1.41 bits per heavy atom. The second kappa shape index (κ2) is 4.32. The van der Waals surface area contributed by atoms with E-state index in [2.05, 4.69) is 10.4 Å². The number of rotatable bonds is 2. The molecule has 0 saturated carbocycles. The summed E-state index contributed by atoms with van der Waals surface area (Å²) < 4.78 is 25.9. The van der Waals surface area contributed by atoms with Crippen LogP contribution in [0.15, 0.2) is 35.1 Å². The number of anilines is 1. The van der Waals surface area contributed by atoms with Crippen molar-refractivity contribution >= 4 is 17.8 Å². The number of likely N-dealkylation sites (N-methyl/N-ethyl adjacent to an activating group) is 1. The lowest BCUT2D eigenvalue weighted by Gasteiger charge is -2.04. The summed E-state index contributed by atoms with van der Waals surface area (Å²) in [5.74, 6) is -1.67. The summed E-state index contributed by atoms with van der Waals surface area (Å²) in [7, 11) is 1.51. The molecule has 2 rings (SSSR count). The Hall–Kier alpha value is -2.24. The lowest BCUT2D eigenvalue weighted by molar-refractivity contribution is -0.124. The Bertz CT molecular complexity index is 525. The summed E-state index contributed by atoms with van der Waals surface area (Å²) in [5.41, 5.74) is 0.394. The van der Waals surface area contributed by atoms with E-state index in [1.54, 1.807) is 0 Å². The van der Waals surface area contributed by atoms with Gasteiger partial charge < -0.3 is 5.32 Å². The molecule has 1 amide bonds. The van der Waals surface area contributed by atoms with Gasteiger partial charge in [0.2, 0.25) is 0 Å². The normalized spacial score (nSPS) is 17.0. The minimum Gasteiger partial charge on any atom is -0.358 e. The van der Waals surface area contributed by atoms with Crippen molar-refractivity contribution in [3.63, 3.8) is 0 Å². The number of nitrogens with one attached hydrogen (secondary N) is 1. The van der Waals surface area contributed by atoms with E-state index in [0.717, 1.165) is 17.1 Å². The molecule has 88 valence electrons. The molecule has 0 atom stereocenters. The van der Waals surface area contributed by atoms with E-state index >= 15 is 0 Å². The molecule has 0 spiro atoms. The molecule has 4 nitrogen and oxygen atoms in total. The summed E-state index contributed by atoms with van der Waals surface area (Å²) in [6, 6.07) is 3.14. The highest BCUT2D eigenvalue weighted by Gasteiger charge is 2.18. The average molecular weight is 237 g/mol. The van der Waals surface area contributed by atoms with Crippen molar-refractivity contribution in [1.29, 1.82) is 0 Å². The number of hydrazone groups is 1. The monoisotopic (exact) mass is 237 g/mol. The molecule has 0 aliphatic carbocycles. The van der Waals surface area contributed by atoms with E-state index in [-0.39, 0.29) is 11.6 Å². The molecule has 1 aliphatic rings. The van der Waals surface area contributed by atoms with Gasteiger partial charge in [0.15, 0.2) is 0 Å². The molecule has 0 aromatic heterocycles. The fraction of sp³-hybridized carbons (Fsp3) is 0.0909. The van der Waals surface area contributed by atoms with Crippen molar-refractivity contribution in [2.45, 2.75) is 0 Å². The molecule has 1 aliphatic heterocycles. The maximum atomic E-state index is 13.2. The smallest absolute Gasteiger partial charge is 0.276 e. The van der Waals surface area contributed by atoms with Crippen molar-refractivity contribution in [2.24, 2.45) is 5.10 Å². The second-order valence-corrected chi connectivity index (χ2v) is 3.44. The highest BCUT2D eigenvalue weighted by atomic mass is 19.1. The molecule has 0 radical (unpaired) electrons. The minimum atomic E-state index is -0.724. The van der Waals surface area contributed by atoms with Crippen LogP contribution in [0.2, 0.25) is 0 Å². The first kappa shape index (κ1) is 11.3. The van der Waals surface area contributed by atoms with Gasteiger partial charge in [-0.15, -0.1) is 0 Å². The zero-order chi connectivity index (χ0) is 12.4.